The van der Waals surface area contributed by atoms with E-state index in [0.717, 1.165) is 22.2 Å². The first kappa shape index (κ1) is 14.5. The van der Waals surface area contributed by atoms with E-state index in [1.54, 1.807) is 5.51 Å². The van der Waals surface area contributed by atoms with Crippen molar-refractivity contribution in [2.45, 2.75) is 0 Å². The van der Waals surface area contributed by atoms with Gasteiger partial charge in [0.2, 0.25) is 5.13 Å². The fourth-order valence-electron chi connectivity index (χ4n) is 2.51. The molecule has 116 valence electrons. The Hall–Kier alpha value is -3.12. The number of hydrogen-bond donors (Lipinski definition) is 1. The maximum Gasteiger partial charge on any atom is 0.258 e. The standard InChI is InChI=1S/C18H12N4OS/c23-17(21-18-22-19-11-24-18)14-10-16(12-6-2-1-3-7-12)20-15-9-5-4-8-13(14)15/h1-11H,(H,21,22,23). The number of aromatic nitrogens is 3. The molecular weight excluding hydrogens is 320 g/mol. The van der Waals surface area contributed by atoms with Crippen molar-refractivity contribution in [2.75, 3.05) is 5.32 Å². The first-order valence-electron chi connectivity index (χ1n) is 7.34. The predicted molar refractivity (Wildman–Crippen MR) is 95.0 cm³/mol. The first-order valence-corrected chi connectivity index (χ1v) is 8.22. The van der Waals surface area contributed by atoms with Crippen LogP contribution in [0.25, 0.3) is 22.2 Å². The van der Waals surface area contributed by atoms with Gasteiger partial charge in [0, 0.05) is 10.9 Å². The molecule has 1 amide bonds. The molecule has 2 heterocycles. The first-order chi connectivity index (χ1) is 11.8. The van der Waals surface area contributed by atoms with Gasteiger partial charge in [-0.25, -0.2) is 4.98 Å². The monoisotopic (exact) mass is 332 g/mol. The summed E-state index contributed by atoms with van der Waals surface area (Å²) < 4.78 is 0. The second-order valence-corrected chi connectivity index (χ2v) is 5.97. The van der Waals surface area contributed by atoms with Crippen molar-refractivity contribution in [1.82, 2.24) is 15.2 Å². The van der Waals surface area contributed by atoms with Crippen LogP contribution in [0.2, 0.25) is 0 Å². The summed E-state index contributed by atoms with van der Waals surface area (Å²) in [5, 5.41) is 11.7. The van der Waals surface area contributed by atoms with Gasteiger partial charge in [-0.05, 0) is 12.1 Å². The molecule has 0 unspecified atom stereocenters. The molecule has 0 bridgehead atoms. The van der Waals surface area contributed by atoms with E-state index in [0.29, 0.717) is 10.7 Å². The van der Waals surface area contributed by atoms with E-state index in [4.69, 9.17) is 0 Å². The molecule has 0 spiro atoms. The van der Waals surface area contributed by atoms with Gasteiger partial charge in [0.25, 0.3) is 5.91 Å². The highest BCUT2D eigenvalue weighted by Gasteiger charge is 2.15. The van der Waals surface area contributed by atoms with Gasteiger partial charge in [-0.2, -0.15) is 0 Å². The lowest BCUT2D eigenvalue weighted by atomic mass is 10.0. The largest absolute Gasteiger partial charge is 0.296 e. The van der Waals surface area contributed by atoms with Gasteiger partial charge >= 0.3 is 0 Å². The summed E-state index contributed by atoms with van der Waals surface area (Å²) in [5.41, 5.74) is 4.65. The zero-order valence-electron chi connectivity index (χ0n) is 12.5. The highest BCUT2D eigenvalue weighted by Crippen LogP contribution is 2.25. The maximum absolute atomic E-state index is 12.7. The average molecular weight is 332 g/mol. The molecule has 0 radical (unpaired) electrons. The third kappa shape index (κ3) is 2.75. The average Bonchev–Trinajstić information content (AvgIpc) is 3.14. The van der Waals surface area contributed by atoms with Gasteiger partial charge in [0.05, 0.1) is 16.8 Å². The molecule has 4 rings (SSSR count). The van der Waals surface area contributed by atoms with Crippen LogP contribution in [0, 0.1) is 0 Å². The second-order valence-electron chi connectivity index (χ2n) is 5.14. The van der Waals surface area contributed by atoms with Gasteiger partial charge in [-0.3, -0.25) is 10.1 Å². The van der Waals surface area contributed by atoms with Gasteiger partial charge in [0.1, 0.15) is 5.51 Å². The van der Waals surface area contributed by atoms with Gasteiger partial charge in [-0.1, -0.05) is 59.9 Å². The minimum absolute atomic E-state index is 0.220. The third-order valence-corrected chi connectivity index (χ3v) is 4.22. The molecule has 24 heavy (non-hydrogen) atoms. The van der Waals surface area contributed by atoms with E-state index in [1.165, 1.54) is 11.3 Å². The molecule has 1 N–H and O–H groups in total. The SMILES string of the molecule is O=C(Nc1nncs1)c1cc(-c2ccccc2)nc2ccccc12. The molecule has 0 aliphatic heterocycles. The summed E-state index contributed by atoms with van der Waals surface area (Å²) in [4.78, 5) is 17.4. The van der Waals surface area contributed by atoms with Crippen LogP contribution in [0.3, 0.4) is 0 Å². The molecule has 5 nitrogen and oxygen atoms in total. The molecule has 0 aliphatic carbocycles. The lowest BCUT2D eigenvalue weighted by Gasteiger charge is -2.09. The number of carbonyl (C=O) groups is 1. The predicted octanol–water partition coefficient (Wildman–Crippen LogP) is 4.01. The minimum Gasteiger partial charge on any atom is -0.296 e. The van der Waals surface area contributed by atoms with Crippen molar-refractivity contribution in [3.8, 4) is 11.3 Å². The number of nitrogens with one attached hydrogen (secondary N) is 1. The molecule has 0 atom stereocenters. The minimum atomic E-state index is -0.220. The number of hydrogen-bond acceptors (Lipinski definition) is 5. The highest BCUT2D eigenvalue weighted by atomic mass is 32.1. The summed E-state index contributed by atoms with van der Waals surface area (Å²) in [5.74, 6) is -0.220. The Morgan fingerprint density at radius 3 is 2.58 bits per heavy atom. The fourth-order valence-corrected chi connectivity index (χ4v) is 2.95. The molecular formula is C18H12N4OS. The number of rotatable bonds is 3. The fraction of sp³-hybridized carbons (Fsp3) is 0. The number of pyridine rings is 1. The number of carbonyl (C=O) groups excluding carboxylic acids is 1. The zero-order chi connectivity index (χ0) is 16.4. The Bertz CT molecular complexity index is 1000. The van der Waals surface area contributed by atoms with Crippen molar-refractivity contribution < 1.29 is 4.79 Å². The Balaban J connectivity index is 1.85. The Kier molecular flexibility index (Phi) is 3.72. The summed E-state index contributed by atoms with van der Waals surface area (Å²) in [6.45, 7) is 0. The molecule has 4 aromatic rings. The number of nitrogens with zero attached hydrogens (tertiary/aromatic N) is 3. The molecule has 2 aromatic heterocycles. The zero-order valence-corrected chi connectivity index (χ0v) is 13.3. The van der Waals surface area contributed by atoms with Crippen molar-refractivity contribution in [3.05, 3.63) is 71.7 Å². The van der Waals surface area contributed by atoms with Crippen LogP contribution >= 0.6 is 11.3 Å². The van der Waals surface area contributed by atoms with Gasteiger partial charge < -0.3 is 0 Å². The lowest BCUT2D eigenvalue weighted by molar-refractivity contribution is 0.102. The van der Waals surface area contributed by atoms with Crippen molar-refractivity contribution in [1.29, 1.82) is 0 Å². The number of benzene rings is 2. The number of fused-ring (bicyclic) bond motifs is 1. The van der Waals surface area contributed by atoms with E-state index in [2.05, 4.69) is 20.5 Å². The molecule has 0 fully saturated rings. The van der Waals surface area contributed by atoms with Crippen LogP contribution in [0.5, 0.6) is 0 Å². The molecule has 0 aliphatic rings. The Labute approximate surface area is 142 Å². The molecule has 6 heteroatoms. The van der Waals surface area contributed by atoms with E-state index >= 15 is 0 Å². The van der Waals surface area contributed by atoms with Crippen LogP contribution in [0.15, 0.2) is 66.2 Å². The van der Waals surface area contributed by atoms with Crippen molar-refractivity contribution in [3.63, 3.8) is 0 Å². The van der Waals surface area contributed by atoms with Crippen molar-refractivity contribution in [2.24, 2.45) is 0 Å². The Morgan fingerprint density at radius 2 is 1.79 bits per heavy atom. The van der Waals surface area contributed by atoms with Gasteiger partial charge in [0.15, 0.2) is 0 Å². The quantitative estimate of drug-likeness (QED) is 0.615. The topological polar surface area (TPSA) is 67.8 Å². The molecule has 2 aromatic carbocycles. The smallest absolute Gasteiger partial charge is 0.258 e. The summed E-state index contributed by atoms with van der Waals surface area (Å²) in [6, 6.07) is 19.2. The number of anilines is 1. The number of amides is 1. The third-order valence-electron chi connectivity index (χ3n) is 3.61. The van der Waals surface area contributed by atoms with Crippen LogP contribution in [0.1, 0.15) is 10.4 Å². The van der Waals surface area contributed by atoms with Crippen molar-refractivity contribution >= 4 is 33.3 Å². The summed E-state index contributed by atoms with van der Waals surface area (Å²) in [7, 11) is 0. The van der Waals surface area contributed by atoms with E-state index in [9.17, 15) is 4.79 Å². The van der Waals surface area contributed by atoms with Gasteiger partial charge in [-0.15, -0.1) is 10.2 Å². The van der Waals surface area contributed by atoms with Crippen LogP contribution in [-0.2, 0) is 0 Å². The molecule has 0 saturated heterocycles. The lowest BCUT2D eigenvalue weighted by Crippen LogP contribution is -2.13. The van der Waals surface area contributed by atoms with Crippen LogP contribution in [-0.4, -0.2) is 21.1 Å². The van der Waals surface area contributed by atoms with E-state index < -0.39 is 0 Å². The summed E-state index contributed by atoms with van der Waals surface area (Å²) in [6.07, 6.45) is 0. The second kappa shape index (κ2) is 6.17. The highest BCUT2D eigenvalue weighted by molar-refractivity contribution is 7.13. The van der Waals surface area contributed by atoms with Crippen LogP contribution < -0.4 is 5.32 Å². The van der Waals surface area contributed by atoms with E-state index in [1.807, 2.05) is 60.7 Å². The Morgan fingerprint density at radius 1 is 1.00 bits per heavy atom. The van der Waals surface area contributed by atoms with Crippen LogP contribution in [0.4, 0.5) is 5.13 Å². The summed E-state index contributed by atoms with van der Waals surface area (Å²) >= 11 is 1.28. The number of para-hydroxylation sites is 1. The maximum atomic E-state index is 12.7. The molecule has 0 saturated carbocycles. The van der Waals surface area contributed by atoms with E-state index in [-0.39, 0.29) is 5.91 Å². The normalized spacial score (nSPS) is 10.7.